The van der Waals surface area contributed by atoms with E-state index in [0.29, 0.717) is 13.2 Å². The molecule has 4 nitrogen and oxygen atoms in total. The van der Waals surface area contributed by atoms with Crippen molar-refractivity contribution in [2.45, 2.75) is 65.2 Å². The Hall–Kier alpha value is -1.97. The molecule has 0 saturated heterocycles. The molecule has 1 aromatic carbocycles. The van der Waals surface area contributed by atoms with Crippen molar-refractivity contribution in [2.75, 3.05) is 13.2 Å². The normalized spacial score (nSPS) is 11.0. The molecule has 1 rings (SSSR count). The average molecular weight is 348 g/mol. The molecule has 0 aliphatic rings. The first-order valence-corrected chi connectivity index (χ1v) is 9.47. The van der Waals surface area contributed by atoms with Crippen molar-refractivity contribution in [3.05, 3.63) is 29.8 Å². The lowest BCUT2D eigenvalue weighted by Crippen LogP contribution is -2.00. The van der Waals surface area contributed by atoms with Gasteiger partial charge in [-0.25, -0.2) is 4.79 Å². The Labute approximate surface area is 151 Å². The Morgan fingerprint density at radius 3 is 1.84 bits per heavy atom. The molecule has 0 atom stereocenters. The zero-order valence-electron chi connectivity index (χ0n) is 15.6. The quantitative estimate of drug-likeness (QED) is 0.346. The van der Waals surface area contributed by atoms with E-state index in [2.05, 4.69) is 13.8 Å². The summed E-state index contributed by atoms with van der Waals surface area (Å²) in [6, 6.07) is 5.59. The minimum atomic E-state index is -0.965. The first-order valence-electron chi connectivity index (χ1n) is 9.47. The van der Waals surface area contributed by atoms with Gasteiger partial charge in [-0.3, -0.25) is 0 Å². The number of rotatable bonds is 14. The Kier molecular flexibility index (Phi) is 11.2. The number of unbranched alkanes of at least 4 members (excludes halogenated alkanes) is 6. The fourth-order valence-corrected chi connectivity index (χ4v) is 2.46. The number of ether oxygens (including phenoxy) is 2. The van der Waals surface area contributed by atoms with Gasteiger partial charge in [0.2, 0.25) is 0 Å². The summed E-state index contributed by atoms with van der Waals surface area (Å²) in [6.07, 6.45) is 11.9. The molecule has 0 unspecified atom stereocenters. The maximum Gasteiger partial charge on any atom is 0.328 e. The third-order valence-electron chi connectivity index (χ3n) is 3.85. The lowest BCUT2D eigenvalue weighted by Gasteiger charge is -2.11. The van der Waals surface area contributed by atoms with E-state index in [1.54, 1.807) is 6.08 Å². The van der Waals surface area contributed by atoms with Gasteiger partial charge >= 0.3 is 5.97 Å². The molecular formula is C21H32O4. The van der Waals surface area contributed by atoms with Gasteiger partial charge in [-0.2, -0.15) is 0 Å². The van der Waals surface area contributed by atoms with Gasteiger partial charge < -0.3 is 14.6 Å². The van der Waals surface area contributed by atoms with Crippen LogP contribution in [-0.4, -0.2) is 24.3 Å². The molecule has 0 heterocycles. The van der Waals surface area contributed by atoms with E-state index in [1.165, 1.54) is 25.7 Å². The van der Waals surface area contributed by atoms with Crippen LogP contribution in [0.15, 0.2) is 24.3 Å². The number of carboxylic acids is 1. The molecule has 0 radical (unpaired) electrons. The molecule has 0 fully saturated rings. The lowest BCUT2D eigenvalue weighted by atomic mass is 10.1. The molecule has 4 heteroatoms. The molecule has 0 aliphatic heterocycles. The van der Waals surface area contributed by atoms with Crippen LogP contribution in [-0.2, 0) is 4.79 Å². The van der Waals surface area contributed by atoms with Crippen LogP contribution in [0.25, 0.3) is 6.08 Å². The van der Waals surface area contributed by atoms with Crippen LogP contribution in [0.3, 0.4) is 0 Å². The fraction of sp³-hybridized carbons (Fsp3) is 0.571. The van der Waals surface area contributed by atoms with E-state index < -0.39 is 5.97 Å². The highest BCUT2D eigenvalue weighted by atomic mass is 16.5. The van der Waals surface area contributed by atoms with Crippen LogP contribution in [0.1, 0.15) is 70.8 Å². The summed E-state index contributed by atoms with van der Waals surface area (Å²) in [4.78, 5) is 10.7. The topological polar surface area (TPSA) is 55.8 Å². The Morgan fingerprint density at radius 2 is 1.40 bits per heavy atom. The van der Waals surface area contributed by atoms with E-state index in [1.807, 2.05) is 18.2 Å². The van der Waals surface area contributed by atoms with Crippen molar-refractivity contribution < 1.29 is 19.4 Å². The molecule has 0 saturated carbocycles. The number of carboxylic acid groups (broad SMARTS) is 1. The molecule has 25 heavy (non-hydrogen) atoms. The van der Waals surface area contributed by atoms with Crippen LogP contribution in [0.4, 0.5) is 0 Å². The second kappa shape index (κ2) is 13.3. The molecule has 0 aromatic heterocycles. The fourth-order valence-electron chi connectivity index (χ4n) is 2.46. The molecule has 1 N–H and O–H groups in total. The minimum absolute atomic E-state index is 0.669. The summed E-state index contributed by atoms with van der Waals surface area (Å²) in [6.45, 7) is 5.70. The molecule has 0 aliphatic carbocycles. The van der Waals surface area contributed by atoms with Crippen LogP contribution >= 0.6 is 0 Å². The zero-order chi connectivity index (χ0) is 18.3. The number of carbonyl (C=O) groups is 1. The predicted octanol–water partition coefficient (Wildman–Crippen LogP) is 5.70. The summed E-state index contributed by atoms with van der Waals surface area (Å²) in [5.41, 5.74) is 0.775. The average Bonchev–Trinajstić information content (AvgIpc) is 2.59. The number of hydrogen-bond acceptors (Lipinski definition) is 3. The standard InChI is InChI=1S/C21H32O4/c1-3-5-7-9-13-24-19-15-18(11-12-21(22)23)16-20(17-19)25-14-10-8-6-4-2/h11-12,15-17H,3-10,13-14H2,1-2H3,(H,22,23). The SMILES string of the molecule is CCCCCCOc1cc(C=CC(=O)O)cc(OCCCCCC)c1. The Bertz CT molecular complexity index is 490. The lowest BCUT2D eigenvalue weighted by molar-refractivity contribution is -0.131. The van der Waals surface area contributed by atoms with Crippen molar-refractivity contribution in [3.8, 4) is 11.5 Å². The van der Waals surface area contributed by atoms with E-state index in [4.69, 9.17) is 14.6 Å². The first-order chi connectivity index (χ1) is 12.2. The second-order valence-corrected chi connectivity index (χ2v) is 6.23. The smallest absolute Gasteiger partial charge is 0.328 e. The van der Waals surface area contributed by atoms with Gasteiger partial charge in [0.25, 0.3) is 0 Å². The number of aliphatic carboxylic acids is 1. The van der Waals surface area contributed by atoms with Crippen LogP contribution < -0.4 is 9.47 Å². The van der Waals surface area contributed by atoms with E-state index in [0.717, 1.165) is 48.8 Å². The van der Waals surface area contributed by atoms with Gasteiger partial charge in [0.1, 0.15) is 11.5 Å². The van der Waals surface area contributed by atoms with Gasteiger partial charge in [0.05, 0.1) is 13.2 Å². The monoisotopic (exact) mass is 348 g/mol. The summed E-state index contributed by atoms with van der Waals surface area (Å²) >= 11 is 0. The summed E-state index contributed by atoms with van der Waals surface area (Å²) in [5, 5.41) is 8.81. The summed E-state index contributed by atoms with van der Waals surface area (Å²) in [5.74, 6) is 0.494. The highest BCUT2D eigenvalue weighted by molar-refractivity contribution is 5.85. The molecule has 0 spiro atoms. The van der Waals surface area contributed by atoms with Crippen LogP contribution in [0.5, 0.6) is 11.5 Å². The Balaban J connectivity index is 2.64. The molecule has 0 bridgehead atoms. The predicted molar refractivity (Wildman–Crippen MR) is 102 cm³/mol. The van der Waals surface area contributed by atoms with Crippen LogP contribution in [0.2, 0.25) is 0 Å². The second-order valence-electron chi connectivity index (χ2n) is 6.23. The molecule has 0 amide bonds. The molecular weight excluding hydrogens is 316 g/mol. The van der Waals surface area contributed by atoms with Crippen LogP contribution in [0, 0.1) is 0 Å². The molecule has 140 valence electrons. The minimum Gasteiger partial charge on any atom is -0.493 e. The molecule has 1 aromatic rings. The van der Waals surface area contributed by atoms with Crippen molar-refractivity contribution in [3.63, 3.8) is 0 Å². The van der Waals surface area contributed by atoms with E-state index >= 15 is 0 Å². The van der Waals surface area contributed by atoms with Gasteiger partial charge in [-0.15, -0.1) is 0 Å². The maximum atomic E-state index is 10.7. The van der Waals surface area contributed by atoms with Crippen molar-refractivity contribution in [2.24, 2.45) is 0 Å². The van der Waals surface area contributed by atoms with Gasteiger partial charge in [-0.1, -0.05) is 52.4 Å². The maximum absolute atomic E-state index is 10.7. The highest BCUT2D eigenvalue weighted by Gasteiger charge is 2.03. The van der Waals surface area contributed by atoms with Gasteiger partial charge in [0, 0.05) is 12.1 Å². The summed E-state index contributed by atoms with van der Waals surface area (Å²) < 4.78 is 11.6. The van der Waals surface area contributed by atoms with Crippen molar-refractivity contribution >= 4 is 12.0 Å². The third kappa shape index (κ3) is 10.5. The Morgan fingerprint density at radius 1 is 0.880 bits per heavy atom. The third-order valence-corrected chi connectivity index (χ3v) is 3.85. The first kappa shape index (κ1) is 21.1. The highest BCUT2D eigenvalue weighted by Crippen LogP contribution is 2.24. The van der Waals surface area contributed by atoms with Crippen molar-refractivity contribution in [1.29, 1.82) is 0 Å². The van der Waals surface area contributed by atoms with E-state index in [9.17, 15) is 4.79 Å². The van der Waals surface area contributed by atoms with Gasteiger partial charge in [0.15, 0.2) is 0 Å². The number of hydrogen-bond donors (Lipinski definition) is 1. The number of benzene rings is 1. The zero-order valence-corrected chi connectivity index (χ0v) is 15.6. The van der Waals surface area contributed by atoms with Crippen molar-refractivity contribution in [1.82, 2.24) is 0 Å². The summed E-state index contributed by atoms with van der Waals surface area (Å²) in [7, 11) is 0. The van der Waals surface area contributed by atoms with Gasteiger partial charge in [-0.05, 0) is 36.6 Å². The largest absolute Gasteiger partial charge is 0.493 e. The van der Waals surface area contributed by atoms with E-state index in [-0.39, 0.29) is 0 Å².